The second-order valence-electron chi connectivity index (χ2n) is 4.89. The number of rotatable bonds is 9. The van der Waals surface area contributed by atoms with E-state index < -0.39 is 0 Å². The lowest BCUT2D eigenvalue weighted by Crippen LogP contribution is -2.34. The predicted molar refractivity (Wildman–Crippen MR) is 79.6 cm³/mol. The zero-order valence-corrected chi connectivity index (χ0v) is 12.6. The quantitative estimate of drug-likeness (QED) is 0.742. The van der Waals surface area contributed by atoms with Gasteiger partial charge in [0, 0.05) is 12.6 Å². The molecule has 1 aromatic rings. The van der Waals surface area contributed by atoms with Crippen LogP contribution in [0, 0.1) is 0 Å². The van der Waals surface area contributed by atoms with Crippen LogP contribution in [0.15, 0.2) is 24.3 Å². The third-order valence-electron chi connectivity index (χ3n) is 3.37. The molecule has 0 saturated carbocycles. The number of methoxy groups -OCH3 is 1. The average Bonchev–Trinajstić information content (AvgIpc) is 2.46. The molecule has 0 heterocycles. The molecule has 0 saturated heterocycles. The first kappa shape index (κ1) is 16.0. The van der Waals surface area contributed by atoms with Crippen molar-refractivity contribution >= 4 is 0 Å². The summed E-state index contributed by atoms with van der Waals surface area (Å²) in [5.41, 5.74) is 1.18. The Kier molecular flexibility index (Phi) is 7.53. The molecule has 0 aliphatic rings. The van der Waals surface area contributed by atoms with Gasteiger partial charge in [-0.2, -0.15) is 0 Å². The van der Waals surface area contributed by atoms with Crippen molar-refractivity contribution in [2.75, 3.05) is 13.7 Å². The van der Waals surface area contributed by atoms with Gasteiger partial charge in [-0.1, -0.05) is 26.0 Å². The lowest BCUT2D eigenvalue weighted by Gasteiger charge is -2.19. The summed E-state index contributed by atoms with van der Waals surface area (Å²) in [4.78, 5) is 0. The molecule has 1 N–H and O–H groups in total. The van der Waals surface area contributed by atoms with Gasteiger partial charge in [-0.25, -0.2) is 0 Å². The molecule has 3 heteroatoms. The molecule has 0 radical (unpaired) electrons. The van der Waals surface area contributed by atoms with Gasteiger partial charge >= 0.3 is 0 Å². The lowest BCUT2D eigenvalue weighted by molar-refractivity contribution is 0.0511. The molecule has 1 rings (SSSR count). The van der Waals surface area contributed by atoms with Crippen molar-refractivity contribution in [2.45, 2.75) is 52.4 Å². The Bertz CT molecular complexity index is 333. The van der Waals surface area contributed by atoms with Crippen LogP contribution in [-0.2, 0) is 11.3 Å². The number of ether oxygens (including phenoxy) is 2. The zero-order valence-electron chi connectivity index (χ0n) is 12.6. The molecule has 1 aromatic carbocycles. The molecule has 1 unspecified atom stereocenters. The monoisotopic (exact) mass is 265 g/mol. The summed E-state index contributed by atoms with van der Waals surface area (Å²) in [6.07, 6.45) is 2.56. The van der Waals surface area contributed by atoms with Gasteiger partial charge in [-0.3, -0.25) is 0 Å². The summed E-state index contributed by atoms with van der Waals surface area (Å²) in [7, 11) is 1.68. The lowest BCUT2D eigenvalue weighted by atomic mass is 10.1. The first-order chi connectivity index (χ1) is 9.19. The van der Waals surface area contributed by atoms with Crippen LogP contribution >= 0.6 is 0 Å². The van der Waals surface area contributed by atoms with Gasteiger partial charge in [0.2, 0.25) is 0 Å². The fourth-order valence-electron chi connectivity index (χ4n) is 1.93. The van der Waals surface area contributed by atoms with Gasteiger partial charge in [0.05, 0.1) is 19.8 Å². The third kappa shape index (κ3) is 6.08. The van der Waals surface area contributed by atoms with Crippen LogP contribution in [0.4, 0.5) is 0 Å². The highest BCUT2D eigenvalue weighted by Gasteiger charge is 2.06. The number of benzene rings is 1. The molecule has 0 bridgehead atoms. The van der Waals surface area contributed by atoms with E-state index in [4.69, 9.17) is 9.47 Å². The largest absolute Gasteiger partial charge is 0.497 e. The molecule has 108 valence electrons. The minimum atomic E-state index is 0.225. The highest BCUT2D eigenvalue weighted by atomic mass is 16.5. The van der Waals surface area contributed by atoms with E-state index in [1.54, 1.807) is 7.11 Å². The average molecular weight is 265 g/mol. The molecule has 19 heavy (non-hydrogen) atoms. The molecule has 0 aromatic heterocycles. The Hall–Kier alpha value is -1.06. The van der Waals surface area contributed by atoms with E-state index in [1.165, 1.54) is 18.4 Å². The second-order valence-corrected chi connectivity index (χ2v) is 4.89. The first-order valence-corrected chi connectivity index (χ1v) is 7.17. The highest BCUT2D eigenvalue weighted by Crippen LogP contribution is 2.12. The highest BCUT2D eigenvalue weighted by molar-refractivity contribution is 5.26. The van der Waals surface area contributed by atoms with Crippen molar-refractivity contribution in [3.63, 3.8) is 0 Å². The minimum Gasteiger partial charge on any atom is -0.497 e. The molecule has 0 fully saturated rings. The van der Waals surface area contributed by atoms with Crippen molar-refractivity contribution < 1.29 is 9.47 Å². The molecule has 3 nitrogen and oxygen atoms in total. The first-order valence-electron chi connectivity index (χ1n) is 7.17. The molecule has 1 atom stereocenters. The van der Waals surface area contributed by atoms with Gasteiger partial charge in [0.25, 0.3) is 0 Å². The normalized spacial score (nSPS) is 12.7. The van der Waals surface area contributed by atoms with E-state index in [0.717, 1.165) is 12.3 Å². The fraction of sp³-hybridized carbons (Fsp3) is 0.625. The summed E-state index contributed by atoms with van der Waals surface area (Å²) >= 11 is 0. The van der Waals surface area contributed by atoms with Crippen molar-refractivity contribution in [2.24, 2.45) is 0 Å². The Morgan fingerprint density at radius 3 is 2.26 bits per heavy atom. The standard InChI is InChI=1S/C16H27NO2/c1-5-15(6-2)17-11-13(3)19-12-14-7-9-16(18-4)10-8-14/h7-10,13,15,17H,5-6,11-12H2,1-4H3. The Morgan fingerprint density at radius 2 is 1.74 bits per heavy atom. The number of hydrogen-bond acceptors (Lipinski definition) is 3. The van der Waals surface area contributed by atoms with Crippen LogP contribution in [-0.4, -0.2) is 25.8 Å². The molecule has 0 amide bonds. The summed E-state index contributed by atoms with van der Waals surface area (Å²) in [6, 6.07) is 8.62. The van der Waals surface area contributed by atoms with Crippen LogP contribution in [0.3, 0.4) is 0 Å². The molecule has 0 aliphatic carbocycles. The van der Waals surface area contributed by atoms with Gasteiger partial charge in [0.1, 0.15) is 5.75 Å². The number of nitrogens with one attached hydrogen (secondary N) is 1. The molecule has 0 spiro atoms. The van der Waals surface area contributed by atoms with E-state index in [9.17, 15) is 0 Å². The van der Waals surface area contributed by atoms with Crippen molar-refractivity contribution in [3.8, 4) is 5.75 Å². The number of hydrogen-bond donors (Lipinski definition) is 1. The van der Waals surface area contributed by atoms with Crippen molar-refractivity contribution in [3.05, 3.63) is 29.8 Å². The summed E-state index contributed by atoms with van der Waals surface area (Å²) < 4.78 is 11.0. The maximum atomic E-state index is 5.84. The Labute approximate surface area is 117 Å². The summed E-state index contributed by atoms with van der Waals surface area (Å²) in [5, 5.41) is 3.53. The van der Waals surface area contributed by atoms with Gasteiger partial charge < -0.3 is 14.8 Å². The smallest absolute Gasteiger partial charge is 0.118 e. The Morgan fingerprint density at radius 1 is 1.11 bits per heavy atom. The van der Waals surface area contributed by atoms with Gasteiger partial charge in [0.15, 0.2) is 0 Å². The fourth-order valence-corrected chi connectivity index (χ4v) is 1.93. The van der Waals surface area contributed by atoms with Crippen molar-refractivity contribution in [1.82, 2.24) is 5.32 Å². The van der Waals surface area contributed by atoms with E-state index >= 15 is 0 Å². The SMILES string of the molecule is CCC(CC)NCC(C)OCc1ccc(OC)cc1. The Balaban J connectivity index is 2.27. The van der Waals surface area contributed by atoms with Crippen LogP contribution < -0.4 is 10.1 Å². The maximum absolute atomic E-state index is 5.84. The molecular formula is C16H27NO2. The van der Waals surface area contributed by atoms with Gasteiger partial charge in [-0.15, -0.1) is 0 Å². The third-order valence-corrected chi connectivity index (χ3v) is 3.37. The van der Waals surface area contributed by atoms with Crippen LogP contribution in [0.5, 0.6) is 5.75 Å². The van der Waals surface area contributed by atoms with E-state index in [2.05, 4.69) is 26.1 Å². The predicted octanol–water partition coefficient (Wildman–Crippen LogP) is 3.38. The molecular weight excluding hydrogens is 238 g/mol. The summed E-state index contributed by atoms with van der Waals surface area (Å²) in [5.74, 6) is 0.882. The second kappa shape index (κ2) is 8.94. The van der Waals surface area contributed by atoms with Crippen LogP contribution in [0.1, 0.15) is 39.2 Å². The van der Waals surface area contributed by atoms with E-state index in [-0.39, 0.29) is 6.10 Å². The van der Waals surface area contributed by atoms with Crippen LogP contribution in [0.2, 0.25) is 0 Å². The van der Waals surface area contributed by atoms with E-state index in [1.807, 2.05) is 24.3 Å². The summed E-state index contributed by atoms with van der Waals surface area (Å²) in [6.45, 7) is 8.09. The maximum Gasteiger partial charge on any atom is 0.118 e. The van der Waals surface area contributed by atoms with Crippen LogP contribution in [0.25, 0.3) is 0 Å². The van der Waals surface area contributed by atoms with E-state index in [0.29, 0.717) is 12.6 Å². The minimum absolute atomic E-state index is 0.225. The van der Waals surface area contributed by atoms with Crippen molar-refractivity contribution in [1.29, 1.82) is 0 Å². The molecule has 0 aliphatic heterocycles. The van der Waals surface area contributed by atoms with Gasteiger partial charge in [-0.05, 0) is 37.5 Å². The zero-order chi connectivity index (χ0) is 14.1. The topological polar surface area (TPSA) is 30.5 Å².